The van der Waals surface area contributed by atoms with Crippen molar-refractivity contribution in [2.45, 2.75) is 192 Å². The van der Waals surface area contributed by atoms with Crippen LogP contribution in [0.2, 0.25) is 0 Å². The summed E-state index contributed by atoms with van der Waals surface area (Å²) in [6, 6.07) is 80.7. The number of aryl methyl sites for hydroxylation is 8. The van der Waals surface area contributed by atoms with Crippen molar-refractivity contribution in [2.24, 2.45) is 50.9 Å². The van der Waals surface area contributed by atoms with Gasteiger partial charge in [-0.15, -0.1) is 0 Å². The summed E-state index contributed by atoms with van der Waals surface area (Å²) < 4.78 is 76.4. The first-order valence-corrected chi connectivity index (χ1v) is 39.8. The molecular weight excluding hydrogens is 1320 g/mol. The van der Waals surface area contributed by atoms with Crippen LogP contribution in [-0.2, 0) is 47.4 Å². The SMILES string of the molecule is Cc1ccccc1-c1ccc(-c2ccc(CC3CCCC3)cc2)c[n+]1C.Cc1ccccc1-c1ccc(-c2cccc(CC3CCCC3)c2)c[n+]1C.[2H]C(C)(C)c1cc(-c2ccc(-c3ccccc3C)[n+](C)c2)cc(C([2H])(C)C([2H])([2H])[2H])c1.[2H]C([2H])(c1cc(-c2ccc(-c3ccccc3C)[n+](C)c2)cc(C([2H])(C)C(C)(C)C)c1)C(C)(C)C. The lowest BCUT2D eigenvalue weighted by Crippen LogP contribution is -2.30. The predicted molar refractivity (Wildman–Crippen MR) is 463 cm³/mol. The van der Waals surface area contributed by atoms with Gasteiger partial charge in [-0.25, -0.2) is 18.3 Å². The molecule has 8 aromatic carbocycles. The number of hydrogen-bond acceptors (Lipinski definition) is 0. The highest BCUT2D eigenvalue weighted by Crippen LogP contribution is 2.40. The van der Waals surface area contributed by atoms with E-state index in [0.29, 0.717) is 16.7 Å². The van der Waals surface area contributed by atoms with E-state index >= 15 is 0 Å². The van der Waals surface area contributed by atoms with Crippen LogP contribution in [-0.4, -0.2) is 0 Å². The average Bonchev–Trinajstić information content (AvgIpc) is 0.930. The summed E-state index contributed by atoms with van der Waals surface area (Å²) in [4.78, 5) is 0. The molecule has 2 atom stereocenters. The van der Waals surface area contributed by atoms with Crippen LogP contribution in [0.1, 0.15) is 212 Å². The predicted octanol–water partition coefficient (Wildman–Crippen LogP) is 26.1. The fraction of sp³-hybridized carbons (Fsp3) is 0.352. The third-order valence-corrected chi connectivity index (χ3v) is 22.4. The number of pyridine rings is 4. The van der Waals surface area contributed by atoms with Crippen molar-refractivity contribution in [1.29, 1.82) is 0 Å². The van der Waals surface area contributed by atoms with E-state index in [4.69, 9.17) is 9.60 Å². The van der Waals surface area contributed by atoms with Crippen LogP contribution in [0.4, 0.5) is 0 Å². The number of nitrogens with zero attached hydrogens (tertiary/aromatic N) is 4. The van der Waals surface area contributed by atoms with Crippen LogP contribution in [0.25, 0.3) is 89.5 Å². The molecule has 2 saturated carbocycles. The van der Waals surface area contributed by atoms with Crippen LogP contribution in [0.5, 0.6) is 0 Å². The largest absolute Gasteiger partial charge is 0.212 e. The second-order valence-electron chi connectivity index (χ2n) is 33.5. The molecular formula is C105H126N4+4. The summed E-state index contributed by atoms with van der Waals surface area (Å²) in [5.74, 6) is -1.77. The second kappa shape index (κ2) is 36.3. The monoisotopic (exact) mass is 1450 g/mol. The molecule has 2 unspecified atom stereocenters. The van der Waals surface area contributed by atoms with Crippen molar-refractivity contribution in [3.8, 4) is 89.5 Å². The molecule has 4 heteroatoms. The minimum atomic E-state index is -2.48. The van der Waals surface area contributed by atoms with Gasteiger partial charge in [0.15, 0.2) is 24.8 Å². The van der Waals surface area contributed by atoms with Gasteiger partial charge in [0, 0.05) is 79.7 Å². The topological polar surface area (TPSA) is 15.5 Å². The third-order valence-electron chi connectivity index (χ3n) is 22.4. The maximum absolute atomic E-state index is 9.22. The number of aromatic nitrogens is 4. The van der Waals surface area contributed by atoms with Crippen LogP contribution < -0.4 is 18.3 Å². The van der Waals surface area contributed by atoms with Gasteiger partial charge < -0.3 is 0 Å². The highest BCUT2D eigenvalue weighted by atomic mass is 14.9. The molecule has 14 rings (SSSR count). The molecule has 12 aromatic rings. The fourth-order valence-corrected chi connectivity index (χ4v) is 15.7. The quantitative estimate of drug-likeness (QED) is 0.0857. The lowest BCUT2D eigenvalue weighted by Gasteiger charge is -2.29. The van der Waals surface area contributed by atoms with Crippen molar-refractivity contribution in [1.82, 2.24) is 0 Å². The lowest BCUT2D eigenvalue weighted by molar-refractivity contribution is -0.660. The molecule has 2 aliphatic rings. The summed E-state index contributed by atoms with van der Waals surface area (Å²) in [7, 11) is 8.32. The Labute approximate surface area is 669 Å². The van der Waals surface area contributed by atoms with E-state index in [2.05, 4.69) is 281 Å². The van der Waals surface area contributed by atoms with Crippen molar-refractivity contribution in [3.05, 3.63) is 311 Å². The Hall–Kier alpha value is -9.64. The third kappa shape index (κ3) is 21.2. The summed E-state index contributed by atoms with van der Waals surface area (Å²) in [5, 5.41) is 0. The summed E-state index contributed by atoms with van der Waals surface area (Å²) in [6.07, 6.45) is 20.9. The lowest BCUT2D eigenvalue weighted by atomic mass is 9.76. The van der Waals surface area contributed by atoms with Gasteiger partial charge >= 0.3 is 0 Å². The number of hydrogen-bond donors (Lipinski definition) is 0. The average molecular weight is 1450 g/mol. The van der Waals surface area contributed by atoms with E-state index in [1.165, 1.54) is 155 Å². The molecule has 0 N–H and O–H groups in total. The zero-order chi connectivity index (χ0) is 84.7. The zero-order valence-corrected chi connectivity index (χ0v) is 68.8. The van der Waals surface area contributed by atoms with E-state index in [-0.39, 0.29) is 5.41 Å². The molecule has 0 amide bonds. The van der Waals surface area contributed by atoms with Crippen LogP contribution in [0.3, 0.4) is 0 Å². The van der Waals surface area contributed by atoms with E-state index < -0.39 is 36.3 Å². The van der Waals surface area contributed by atoms with Gasteiger partial charge in [0.1, 0.15) is 28.2 Å². The van der Waals surface area contributed by atoms with E-state index in [9.17, 15) is 1.37 Å². The zero-order valence-electron chi connectivity index (χ0n) is 76.8. The molecule has 0 bridgehead atoms. The molecule has 109 heavy (non-hydrogen) atoms. The normalized spacial score (nSPS) is 15.8. The Balaban J connectivity index is 0.000000154. The highest BCUT2D eigenvalue weighted by Gasteiger charge is 2.26. The molecule has 0 aliphatic heterocycles. The molecule has 0 spiro atoms. The minimum Gasteiger partial charge on any atom is -0.200 e. The van der Waals surface area contributed by atoms with Gasteiger partial charge in [-0.2, -0.15) is 0 Å². The first-order valence-electron chi connectivity index (χ1n) is 43.8. The summed E-state index contributed by atoms with van der Waals surface area (Å²) >= 11 is 0. The van der Waals surface area contributed by atoms with E-state index in [1.54, 1.807) is 26.0 Å². The van der Waals surface area contributed by atoms with Crippen LogP contribution >= 0.6 is 0 Å². The molecule has 2 fully saturated rings. The highest BCUT2D eigenvalue weighted by molar-refractivity contribution is 5.71. The van der Waals surface area contributed by atoms with Gasteiger partial charge in [-0.1, -0.05) is 285 Å². The van der Waals surface area contributed by atoms with E-state index in [0.717, 1.165) is 56.6 Å². The number of benzene rings is 8. The van der Waals surface area contributed by atoms with E-state index in [1.807, 2.05) is 84.4 Å². The van der Waals surface area contributed by atoms with Crippen molar-refractivity contribution in [3.63, 3.8) is 0 Å². The molecule has 562 valence electrons. The molecule has 0 saturated heterocycles. The Bertz CT molecular complexity index is 5400. The van der Waals surface area contributed by atoms with Crippen molar-refractivity contribution in [2.75, 3.05) is 0 Å². The van der Waals surface area contributed by atoms with Crippen molar-refractivity contribution >= 4 is 0 Å². The molecule has 4 aromatic heterocycles. The van der Waals surface area contributed by atoms with Gasteiger partial charge in [-0.3, -0.25) is 0 Å². The Morgan fingerprint density at radius 1 is 0.349 bits per heavy atom. The summed E-state index contributed by atoms with van der Waals surface area (Å²) in [5.41, 5.74) is 28.2. The van der Waals surface area contributed by atoms with Gasteiger partial charge in [-0.05, 0) is 214 Å². The summed E-state index contributed by atoms with van der Waals surface area (Å²) in [6.45, 7) is 25.0. The second-order valence-corrected chi connectivity index (χ2v) is 33.5. The van der Waals surface area contributed by atoms with Crippen molar-refractivity contribution < 1.29 is 29.2 Å². The number of rotatable bonds is 16. The Morgan fingerprint density at radius 2 is 0.697 bits per heavy atom. The maximum atomic E-state index is 9.22. The molecule has 2 aliphatic carbocycles. The molecule has 4 nitrogen and oxygen atoms in total. The Morgan fingerprint density at radius 3 is 1.07 bits per heavy atom. The van der Waals surface area contributed by atoms with Crippen LogP contribution in [0.15, 0.2) is 255 Å². The minimum absolute atomic E-state index is 0.309. The van der Waals surface area contributed by atoms with Gasteiger partial charge in [0.05, 0.1) is 0 Å². The van der Waals surface area contributed by atoms with Gasteiger partial charge in [0.2, 0.25) is 22.8 Å². The fourth-order valence-electron chi connectivity index (χ4n) is 15.7. The smallest absolute Gasteiger partial charge is 0.200 e. The molecule has 0 radical (unpaired) electrons. The van der Waals surface area contributed by atoms with Gasteiger partial charge in [0.25, 0.3) is 0 Å². The first-order chi connectivity index (χ1) is 55.1. The maximum Gasteiger partial charge on any atom is 0.212 e. The first kappa shape index (κ1) is 69.8. The van der Waals surface area contributed by atoms with Crippen LogP contribution in [0, 0.1) is 50.4 Å². The standard InChI is InChI=1S/C30H40N.2C25H28N.C25H30N/c1-21-12-10-11-13-27(21)28-15-14-24(20-31(28)9)26-17-23(19-29(3,4)5)16-25(18-26)22(2)30(6,7)8;1-19-8-3-6-13-24(19)25-15-14-23(18-26(25)2)22-12-7-11-21(17-22)16-20-9-4-5-10-20;1-19-7-3-6-10-24(19)25-16-15-23(18-26(25)2)22-13-11-21(12-14-22)17-20-8-4-5-9-20;1-17(2)21-13-22(18(3)4)15-23(14-21)20-11-12-25(26(6)16-20)24-10-8-7-9-19(24)5/h10-18,20,22H,19H2,1-9H3;3,6-8,11-15,17-18,20H,4-5,9-10,16H2,1-2H3;3,6-7,10-16,18,20H,4-5,8-9,17H2,1-2H3;7-18H,1-6H3/q4*+1/i19D2,22D;;;1D3,17D,18D. The Kier molecular flexibility index (Phi) is 23.2. The molecule has 4 heterocycles.